The van der Waals surface area contributed by atoms with Crippen LogP contribution in [0.1, 0.15) is 27.2 Å². The third-order valence-corrected chi connectivity index (χ3v) is 2.41. The highest BCUT2D eigenvalue weighted by molar-refractivity contribution is 6.41. The van der Waals surface area contributed by atoms with Crippen LogP contribution in [0.5, 0.6) is 0 Å². The Morgan fingerprint density at radius 3 is 2.14 bits per heavy atom. The van der Waals surface area contributed by atoms with Gasteiger partial charge in [0.05, 0.1) is 27.6 Å². The fraction of sp³-hybridized carbons (Fsp3) is 0.562. The third kappa shape index (κ3) is 9.73. The van der Waals surface area contributed by atoms with E-state index in [1.54, 1.807) is 12.2 Å². The summed E-state index contributed by atoms with van der Waals surface area (Å²) < 4.78 is 5.73. The molecule has 0 aliphatic rings. The van der Waals surface area contributed by atoms with E-state index in [1.165, 1.54) is 20.0 Å². The van der Waals surface area contributed by atoms with Gasteiger partial charge in [-0.2, -0.15) is 0 Å². The molecule has 0 spiro atoms. The number of ether oxygens (including phenoxy) is 1. The smallest absolute Gasteiger partial charge is 0.360 e. The van der Waals surface area contributed by atoms with Crippen LogP contribution in [-0.4, -0.2) is 56.4 Å². The van der Waals surface area contributed by atoms with Gasteiger partial charge in [-0.1, -0.05) is 32.6 Å². The molecule has 0 heterocycles. The van der Waals surface area contributed by atoms with Crippen molar-refractivity contribution >= 4 is 17.5 Å². The summed E-state index contributed by atoms with van der Waals surface area (Å²) in [5, 5.41) is 0. The molecule has 0 bridgehead atoms. The van der Waals surface area contributed by atoms with Crippen LogP contribution in [0.15, 0.2) is 29.8 Å². The first kappa shape index (κ1) is 21.5. The van der Waals surface area contributed by atoms with E-state index in [2.05, 4.69) is 11.6 Å². The van der Waals surface area contributed by atoms with Crippen molar-refractivity contribution in [3.63, 3.8) is 0 Å². The van der Waals surface area contributed by atoms with Gasteiger partial charge in [0, 0.05) is 7.05 Å². The normalized spacial score (nSPS) is 13.2. The number of esters is 1. The Bertz CT molecular complexity index is 404. The fourth-order valence-corrected chi connectivity index (χ4v) is 1.30. The van der Waals surface area contributed by atoms with Gasteiger partial charge in [-0.25, -0.2) is 4.79 Å². The standard InChI is InChI=1S/C14H23N2O3.C2H6/c1-7-8-9-12(15-3)14(18)19-13(10-11(2)17)16(4,5)6;1-2/h7-9,13H,1,10H2,2-6H3;1-2H3/q+1;/b9-8-,15-12?;. The first-order valence-electron chi connectivity index (χ1n) is 6.99. The van der Waals surface area contributed by atoms with Crippen molar-refractivity contribution < 1.29 is 18.8 Å². The summed E-state index contributed by atoms with van der Waals surface area (Å²) in [4.78, 5) is 27.0. The van der Waals surface area contributed by atoms with Crippen molar-refractivity contribution in [1.82, 2.24) is 0 Å². The summed E-state index contributed by atoms with van der Waals surface area (Å²) in [6.07, 6.45) is 4.33. The van der Waals surface area contributed by atoms with Crippen molar-refractivity contribution in [2.24, 2.45) is 4.99 Å². The minimum Gasteiger partial charge on any atom is -0.407 e. The maximum Gasteiger partial charge on any atom is 0.360 e. The predicted molar refractivity (Wildman–Crippen MR) is 87.3 cm³/mol. The molecule has 0 N–H and O–H groups in total. The molecule has 120 valence electrons. The second kappa shape index (κ2) is 11.0. The average Bonchev–Trinajstić information content (AvgIpc) is 2.39. The Morgan fingerprint density at radius 2 is 1.81 bits per heavy atom. The molecule has 1 atom stereocenters. The highest BCUT2D eigenvalue weighted by Crippen LogP contribution is 2.11. The molecular formula is C16H29N2O3+. The molecule has 0 amide bonds. The Balaban J connectivity index is 0. The molecule has 21 heavy (non-hydrogen) atoms. The van der Waals surface area contributed by atoms with Gasteiger partial charge in [-0.3, -0.25) is 14.3 Å². The Labute approximate surface area is 128 Å². The number of allylic oxidation sites excluding steroid dienone is 2. The fourth-order valence-electron chi connectivity index (χ4n) is 1.30. The number of rotatable bonds is 7. The van der Waals surface area contributed by atoms with Crippen LogP contribution in [0.2, 0.25) is 0 Å². The zero-order valence-electron chi connectivity index (χ0n) is 14.3. The van der Waals surface area contributed by atoms with Crippen LogP contribution in [0.3, 0.4) is 0 Å². The number of hydrogen-bond acceptors (Lipinski definition) is 4. The molecule has 0 aliphatic carbocycles. The van der Waals surface area contributed by atoms with Crippen molar-refractivity contribution in [2.45, 2.75) is 33.4 Å². The SMILES string of the molecule is C=C/C=C\C(=NC)C(=O)OC(CC(C)=O)[N+](C)(C)C.CC. The van der Waals surface area contributed by atoms with Crippen LogP contribution >= 0.6 is 0 Å². The van der Waals surface area contributed by atoms with E-state index in [4.69, 9.17) is 4.74 Å². The van der Waals surface area contributed by atoms with Crippen molar-refractivity contribution in [3.8, 4) is 0 Å². The molecule has 0 aromatic carbocycles. The van der Waals surface area contributed by atoms with E-state index < -0.39 is 12.2 Å². The predicted octanol–water partition coefficient (Wildman–Crippen LogP) is 2.38. The molecule has 0 radical (unpaired) electrons. The van der Waals surface area contributed by atoms with Gasteiger partial charge in [-0.05, 0) is 13.0 Å². The Hall–Kier alpha value is -1.75. The molecule has 5 heteroatoms. The minimum absolute atomic E-state index is 0.0255. The third-order valence-electron chi connectivity index (χ3n) is 2.41. The van der Waals surface area contributed by atoms with Crippen LogP contribution in [0.25, 0.3) is 0 Å². The molecule has 0 aromatic heterocycles. The van der Waals surface area contributed by atoms with Gasteiger partial charge in [-0.15, -0.1) is 0 Å². The van der Waals surface area contributed by atoms with Gasteiger partial charge in [0.2, 0.25) is 6.23 Å². The maximum absolute atomic E-state index is 12.0. The van der Waals surface area contributed by atoms with E-state index in [9.17, 15) is 9.59 Å². The van der Waals surface area contributed by atoms with Gasteiger partial charge in [0.1, 0.15) is 11.5 Å². The van der Waals surface area contributed by atoms with Crippen LogP contribution < -0.4 is 0 Å². The zero-order chi connectivity index (χ0) is 17.1. The number of ketones is 1. The monoisotopic (exact) mass is 297 g/mol. The lowest BCUT2D eigenvalue weighted by molar-refractivity contribution is -0.915. The van der Waals surface area contributed by atoms with Crippen molar-refractivity contribution in [1.29, 1.82) is 0 Å². The van der Waals surface area contributed by atoms with Gasteiger partial charge in [0.15, 0.2) is 0 Å². The van der Waals surface area contributed by atoms with E-state index in [1.807, 2.05) is 35.0 Å². The topological polar surface area (TPSA) is 55.7 Å². The molecule has 0 saturated heterocycles. The quantitative estimate of drug-likeness (QED) is 0.238. The van der Waals surface area contributed by atoms with E-state index in [0.717, 1.165) is 0 Å². The molecule has 1 unspecified atom stereocenters. The summed E-state index contributed by atoms with van der Waals surface area (Å²) >= 11 is 0. The summed E-state index contributed by atoms with van der Waals surface area (Å²) in [5.41, 5.74) is 0.196. The Kier molecular flexibility index (Phi) is 11.3. The number of carbonyl (C=O) groups excluding carboxylic acids is 2. The Morgan fingerprint density at radius 1 is 1.29 bits per heavy atom. The van der Waals surface area contributed by atoms with Crippen molar-refractivity contribution in [2.75, 3.05) is 28.2 Å². The molecule has 0 rings (SSSR count). The highest BCUT2D eigenvalue weighted by Gasteiger charge is 2.30. The van der Waals surface area contributed by atoms with E-state index >= 15 is 0 Å². The number of quaternary nitrogens is 1. The highest BCUT2D eigenvalue weighted by atomic mass is 16.6. The second-order valence-corrected chi connectivity index (χ2v) is 5.09. The van der Waals surface area contributed by atoms with E-state index in [0.29, 0.717) is 4.48 Å². The van der Waals surface area contributed by atoms with Crippen LogP contribution in [0, 0.1) is 0 Å². The average molecular weight is 297 g/mol. The molecule has 0 saturated carbocycles. The number of nitrogens with zero attached hydrogens (tertiary/aromatic N) is 2. The second-order valence-electron chi connectivity index (χ2n) is 5.09. The minimum atomic E-state index is -0.542. The van der Waals surface area contributed by atoms with Gasteiger partial charge >= 0.3 is 5.97 Å². The largest absolute Gasteiger partial charge is 0.407 e. The van der Waals surface area contributed by atoms with Crippen LogP contribution in [-0.2, 0) is 14.3 Å². The lowest BCUT2D eigenvalue weighted by Crippen LogP contribution is -2.49. The zero-order valence-corrected chi connectivity index (χ0v) is 14.3. The number of Topliss-reactive ketones (excluding diaryl/α,β-unsaturated/α-hetero) is 1. The van der Waals surface area contributed by atoms with Gasteiger partial charge in [0.25, 0.3) is 0 Å². The first-order valence-corrected chi connectivity index (χ1v) is 6.99. The molecule has 0 fully saturated rings. The maximum atomic E-state index is 12.0. The lowest BCUT2D eigenvalue weighted by atomic mass is 10.2. The summed E-state index contributed by atoms with van der Waals surface area (Å²) in [6, 6.07) is 0. The molecule has 5 nitrogen and oxygen atoms in total. The number of carbonyl (C=O) groups is 2. The lowest BCUT2D eigenvalue weighted by Gasteiger charge is -2.32. The summed E-state index contributed by atoms with van der Waals surface area (Å²) in [7, 11) is 7.10. The molecule has 0 aliphatic heterocycles. The number of hydrogen-bond donors (Lipinski definition) is 0. The molecular weight excluding hydrogens is 268 g/mol. The van der Waals surface area contributed by atoms with E-state index in [-0.39, 0.29) is 17.9 Å². The summed E-state index contributed by atoms with van der Waals surface area (Å²) in [6.45, 7) is 9.00. The van der Waals surface area contributed by atoms with Crippen LogP contribution in [0.4, 0.5) is 0 Å². The number of aliphatic imine (C=N–C) groups is 1. The van der Waals surface area contributed by atoms with Crippen molar-refractivity contribution in [3.05, 3.63) is 24.8 Å². The first-order chi connectivity index (χ1) is 9.72. The molecule has 0 aromatic rings. The van der Waals surface area contributed by atoms with Gasteiger partial charge < -0.3 is 4.74 Å². The summed E-state index contributed by atoms with van der Waals surface area (Å²) in [5.74, 6) is -0.567.